The Labute approximate surface area is 124 Å². The van der Waals surface area contributed by atoms with Crippen LogP contribution >= 0.6 is 11.8 Å². The first-order chi connectivity index (χ1) is 9.90. The first kappa shape index (κ1) is 15.3. The fourth-order valence-electron chi connectivity index (χ4n) is 1.76. The average Bonchev–Trinajstić information content (AvgIpc) is 2.76. The van der Waals surface area contributed by atoms with Crippen LogP contribution < -0.4 is 0 Å². The summed E-state index contributed by atoms with van der Waals surface area (Å²) in [5, 5.41) is 9.07. The molecule has 0 aliphatic heterocycles. The number of nitrogens with zero attached hydrogens (tertiary/aromatic N) is 3. The molecule has 1 aromatic carbocycles. The molecule has 0 aliphatic rings. The zero-order chi connectivity index (χ0) is 15.6. The maximum atomic E-state index is 13.8. The molecule has 0 saturated carbocycles. The second kappa shape index (κ2) is 6.13. The number of carbonyl (C=O) groups excluding carboxylic acids is 1. The van der Waals surface area contributed by atoms with Crippen LogP contribution in [0.2, 0.25) is 0 Å². The number of halogens is 1. The Bertz CT molecular complexity index is 699. The fraction of sp³-hybridized carbons (Fsp3) is 0.308. The summed E-state index contributed by atoms with van der Waals surface area (Å²) in [6.07, 6.45) is 0. The highest BCUT2D eigenvalue weighted by molar-refractivity contribution is 7.99. The van der Waals surface area contributed by atoms with Gasteiger partial charge < -0.3 is 14.6 Å². The van der Waals surface area contributed by atoms with Crippen molar-refractivity contribution in [2.24, 2.45) is 0 Å². The van der Waals surface area contributed by atoms with Crippen molar-refractivity contribution in [1.82, 2.24) is 14.5 Å². The molecule has 0 radical (unpaired) electrons. The highest BCUT2D eigenvalue weighted by Crippen LogP contribution is 2.25. The number of carbonyl (C=O) groups is 2. The maximum Gasteiger partial charge on any atom is 0.313 e. The minimum atomic E-state index is -1.00. The lowest BCUT2D eigenvalue weighted by Crippen LogP contribution is -2.26. The van der Waals surface area contributed by atoms with Gasteiger partial charge in [0.15, 0.2) is 11.0 Å². The number of thioether (sulfide) groups is 1. The first-order valence-electron chi connectivity index (χ1n) is 6.09. The van der Waals surface area contributed by atoms with Crippen LogP contribution in [0.4, 0.5) is 4.39 Å². The number of benzene rings is 1. The second-order valence-electron chi connectivity index (χ2n) is 4.56. The van der Waals surface area contributed by atoms with Crippen LogP contribution in [0.1, 0.15) is 0 Å². The monoisotopic (exact) mass is 311 g/mol. The Morgan fingerprint density at radius 1 is 1.43 bits per heavy atom. The number of carboxylic acids is 1. The van der Waals surface area contributed by atoms with Crippen molar-refractivity contribution in [1.29, 1.82) is 0 Å². The Hall–Kier alpha value is -2.09. The molecule has 2 rings (SSSR count). The van der Waals surface area contributed by atoms with Crippen LogP contribution in [0.25, 0.3) is 11.0 Å². The van der Waals surface area contributed by atoms with E-state index in [-0.39, 0.29) is 23.7 Å². The second-order valence-corrected chi connectivity index (χ2v) is 5.50. The van der Waals surface area contributed by atoms with Gasteiger partial charge in [0.25, 0.3) is 0 Å². The summed E-state index contributed by atoms with van der Waals surface area (Å²) < 4.78 is 15.3. The van der Waals surface area contributed by atoms with E-state index in [0.29, 0.717) is 10.7 Å². The smallest absolute Gasteiger partial charge is 0.313 e. The van der Waals surface area contributed by atoms with E-state index in [9.17, 15) is 14.0 Å². The van der Waals surface area contributed by atoms with Crippen molar-refractivity contribution in [3.8, 4) is 0 Å². The standard InChI is InChI=1S/C13H14FN3O3S/c1-16(2)10(18)6-17-9-5-3-4-8(14)12(9)15-13(17)21-7-11(19)20/h3-5H,6-7H2,1-2H3,(H,19,20). The largest absolute Gasteiger partial charge is 0.481 e. The molecule has 1 heterocycles. The van der Waals surface area contributed by atoms with Gasteiger partial charge in [-0.25, -0.2) is 9.37 Å². The molecule has 112 valence electrons. The van der Waals surface area contributed by atoms with E-state index < -0.39 is 11.8 Å². The molecule has 2 aromatic rings. The summed E-state index contributed by atoms with van der Waals surface area (Å²) in [7, 11) is 3.23. The number of aliphatic carboxylic acids is 1. The molecule has 1 N–H and O–H groups in total. The third kappa shape index (κ3) is 3.33. The van der Waals surface area contributed by atoms with E-state index in [0.717, 1.165) is 11.8 Å². The van der Waals surface area contributed by atoms with Crippen molar-refractivity contribution >= 4 is 34.7 Å². The highest BCUT2D eigenvalue weighted by atomic mass is 32.2. The third-order valence-electron chi connectivity index (χ3n) is 2.81. The van der Waals surface area contributed by atoms with Crippen molar-refractivity contribution < 1.29 is 19.1 Å². The number of imidazole rings is 1. The van der Waals surface area contributed by atoms with Gasteiger partial charge in [-0.1, -0.05) is 17.8 Å². The predicted octanol–water partition coefficient (Wildman–Crippen LogP) is 1.44. The van der Waals surface area contributed by atoms with Crippen LogP contribution in [-0.2, 0) is 16.1 Å². The molecule has 0 spiro atoms. The van der Waals surface area contributed by atoms with Crippen LogP contribution in [0, 0.1) is 5.82 Å². The lowest BCUT2D eigenvalue weighted by molar-refractivity contribution is -0.134. The summed E-state index contributed by atoms with van der Waals surface area (Å²) in [5.41, 5.74) is 0.607. The molecule has 0 aliphatic carbocycles. The van der Waals surface area contributed by atoms with Gasteiger partial charge in [0.2, 0.25) is 5.91 Å². The van der Waals surface area contributed by atoms with Gasteiger partial charge in [0, 0.05) is 14.1 Å². The van der Waals surface area contributed by atoms with E-state index in [1.165, 1.54) is 21.6 Å². The normalized spacial score (nSPS) is 10.8. The summed E-state index contributed by atoms with van der Waals surface area (Å²) in [4.78, 5) is 28.1. The number of carboxylic acid groups (broad SMARTS) is 1. The zero-order valence-electron chi connectivity index (χ0n) is 11.5. The van der Waals surface area contributed by atoms with E-state index in [1.807, 2.05) is 0 Å². The molecule has 0 bridgehead atoms. The molecule has 8 heteroatoms. The van der Waals surface area contributed by atoms with Crippen LogP contribution in [0.15, 0.2) is 23.4 Å². The van der Waals surface area contributed by atoms with E-state index in [2.05, 4.69) is 4.98 Å². The number of rotatable bonds is 5. The maximum absolute atomic E-state index is 13.8. The minimum absolute atomic E-state index is 0.0189. The lowest BCUT2D eigenvalue weighted by Gasteiger charge is -2.13. The molecular formula is C13H14FN3O3S. The molecule has 0 atom stereocenters. The first-order valence-corrected chi connectivity index (χ1v) is 7.08. The van der Waals surface area contributed by atoms with Gasteiger partial charge in [0.05, 0.1) is 11.3 Å². The molecule has 1 amide bonds. The van der Waals surface area contributed by atoms with Gasteiger partial charge >= 0.3 is 5.97 Å². The van der Waals surface area contributed by atoms with Crippen LogP contribution in [0.5, 0.6) is 0 Å². The molecule has 1 aromatic heterocycles. The topological polar surface area (TPSA) is 75.4 Å². The Kier molecular flexibility index (Phi) is 4.46. The van der Waals surface area contributed by atoms with Crippen molar-refractivity contribution in [2.45, 2.75) is 11.7 Å². The molecule has 0 fully saturated rings. The number of amides is 1. The zero-order valence-corrected chi connectivity index (χ0v) is 12.4. The molecule has 0 unspecified atom stereocenters. The number of para-hydroxylation sites is 1. The van der Waals surface area contributed by atoms with Gasteiger partial charge in [0.1, 0.15) is 12.1 Å². The van der Waals surface area contributed by atoms with Crippen molar-refractivity contribution in [2.75, 3.05) is 19.8 Å². The number of hydrogen-bond acceptors (Lipinski definition) is 4. The molecule has 0 saturated heterocycles. The average molecular weight is 311 g/mol. The lowest BCUT2D eigenvalue weighted by atomic mass is 10.3. The van der Waals surface area contributed by atoms with E-state index >= 15 is 0 Å². The van der Waals surface area contributed by atoms with Crippen molar-refractivity contribution in [3.05, 3.63) is 24.0 Å². The summed E-state index contributed by atoms with van der Waals surface area (Å²) >= 11 is 0.958. The predicted molar refractivity (Wildman–Crippen MR) is 76.7 cm³/mol. The quantitative estimate of drug-likeness (QED) is 0.846. The summed E-state index contributed by atoms with van der Waals surface area (Å²) in [6.45, 7) is -0.0189. The molecule has 21 heavy (non-hydrogen) atoms. The number of likely N-dealkylation sites (N-methyl/N-ethyl adjacent to an activating group) is 1. The number of aromatic nitrogens is 2. The Morgan fingerprint density at radius 3 is 2.76 bits per heavy atom. The summed E-state index contributed by atoms with van der Waals surface area (Å²) in [6, 6.07) is 4.46. The van der Waals surface area contributed by atoms with Gasteiger partial charge in [-0.2, -0.15) is 0 Å². The highest BCUT2D eigenvalue weighted by Gasteiger charge is 2.18. The number of hydrogen-bond donors (Lipinski definition) is 1. The third-order valence-corrected chi connectivity index (χ3v) is 3.77. The van der Waals surface area contributed by atoms with Gasteiger partial charge in [-0.05, 0) is 12.1 Å². The summed E-state index contributed by atoms with van der Waals surface area (Å²) in [5.74, 6) is -1.89. The van der Waals surface area contributed by atoms with Gasteiger partial charge in [-0.15, -0.1) is 0 Å². The van der Waals surface area contributed by atoms with Crippen LogP contribution in [-0.4, -0.2) is 51.3 Å². The Morgan fingerprint density at radius 2 is 2.14 bits per heavy atom. The molecule has 6 nitrogen and oxygen atoms in total. The van der Waals surface area contributed by atoms with E-state index in [1.54, 1.807) is 20.2 Å². The van der Waals surface area contributed by atoms with Crippen molar-refractivity contribution in [3.63, 3.8) is 0 Å². The van der Waals surface area contributed by atoms with E-state index in [4.69, 9.17) is 5.11 Å². The SMILES string of the molecule is CN(C)C(=O)Cn1c(SCC(=O)O)nc2c(F)cccc21. The van der Waals surface area contributed by atoms with Gasteiger partial charge in [-0.3, -0.25) is 9.59 Å². The molecular weight excluding hydrogens is 297 g/mol. The fourth-order valence-corrected chi connectivity index (χ4v) is 2.48. The minimum Gasteiger partial charge on any atom is -0.481 e. The van der Waals surface area contributed by atoms with Crippen LogP contribution in [0.3, 0.4) is 0 Å². The Balaban J connectivity index is 2.47. The number of fused-ring (bicyclic) bond motifs is 1.